The van der Waals surface area contributed by atoms with Gasteiger partial charge in [-0.2, -0.15) is 0 Å². The summed E-state index contributed by atoms with van der Waals surface area (Å²) in [7, 11) is -4.58. The molecule has 0 bridgehead atoms. The van der Waals surface area contributed by atoms with Gasteiger partial charge in [-0.1, -0.05) is 179 Å². The monoisotopic (exact) mass is 1000 g/mol. The van der Waals surface area contributed by atoms with E-state index in [9.17, 15) is 0 Å². The number of anilines is 6. The van der Waals surface area contributed by atoms with Crippen LogP contribution in [0.1, 0.15) is 22.3 Å². The molecule has 6 heteroatoms. The highest BCUT2D eigenvalue weighted by atomic mass is 28.4. The van der Waals surface area contributed by atoms with Crippen LogP contribution in [0.4, 0.5) is 34.1 Å². The summed E-state index contributed by atoms with van der Waals surface area (Å²) >= 11 is 0. The molecule has 1 aliphatic carbocycles. The molecule has 0 radical (unpaired) electrons. The summed E-state index contributed by atoms with van der Waals surface area (Å²) in [5.74, 6) is 0. The zero-order valence-corrected chi connectivity index (χ0v) is 45.8. The zero-order valence-electron chi connectivity index (χ0n) is 43.8. The van der Waals surface area contributed by atoms with E-state index in [2.05, 4.69) is 269 Å². The molecule has 0 saturated carbocycles. The molecule has 0 spiro atoms. The highest BCUT2D eigenvalue weighted by Crippen LogP contribution is 2.64. The number of rotatable bonds is 8. The number of hydrogen-bond acceptors (Lipinski definition) is 4. The smallest absolute Gasteiger partial charge is 0.159 e. The van der Waals surface area contributed by atoms with Crippen LogP contribution in [0.15, 0.2) is 215 Å². The fourth-order valence-electron chi connectivity index (χ4n) is 14.1. The Hall–Kier alpha value is -8.17. The lowest BCUT2D eigenvalue weighted by atomic mass is 9.89. The van der Waals surface area contributed by atoms with E-state index in [-0.39, 0.29) is 4.66 Å². The Bertz CT molecular complexity index is 4500. The lowest BCUT2D eigenvalue weighted by molar-refractivity contribution is 0.668. The predicted molar refractivity (Wildman–Crippen MR) is 325 cm³/mol. The molecule has 0 amide bonds. The fraction of sp³-hybridized carbons (Fsp3) is 0.130. The summed E-state index contributed by atoms with van der Waals surface area (Å²) in [5, 5.41) is 12.1. The average molecular weight is 1000 g/mol. The van der Waals surface area contributed by atoms with Crippen LogP contribution >= 0.6 is 0 Å². The van der Waals surface area contributed by atoms with E-state index in [4.69, 9.17) is 8.83 Å². The minimum Gasteiger partial charge on any atom is -0.454 e. The van der Waals surface area contributed by atoms with E-state index in [1.807, 2.05) is 0 Å². The van der Waals surface area contributed by atoms with Crippen LogP contribution in [0, 0.1) is 13.8 Å². The third-order valence-electron chi connectivity index (χ3n) is 16.6. The Morgan fingerprint density at radius 1 is 0.333 bits per heavy atom. The summed E-state index contributed by atoms with van der Waals surface area (Å²) in [6, 6.07) is 76.5. The van der Waals surface area contributed by atoms with Crippen LogP contribution in [0.3, 0.4) is 0 Å². The minimum absolute atomic E-state index is 0.229. The van der Waals surface area contributed by atoms with Crippen molar-refractivity contribution in [3.63, 3.8) is 0 Å². The molecular weight excluding hydrogens is 945 g/mol. The zero-order chi connectivity index (χ0) is 51.1. The number of nitrogens with zero attached hydrogens (tertiary/aromatic N) is 2. The first-order valence-corrected chi connectivity index (χ1v) is 33.4. The molecule has 75 heavy (non-hydrogen) atoms. The standard InChI is InChI=1S/C69H58N2O2Si2/c1-43-21-17-23-45(39-43)70(59-33-19-31-55-50-27-13-15-35-62(50)72-67(55)59)47-37-38-54-57(41-47)48-25-9-11-29-52(48)65-64-53-30-12-10-26-49(53)61(42-58(64)69(66(54)65,74(3,4)5)75(6,7)8)71(46-24-18-22-44(2)40-46)60-34-20-32-56-51-28-14-16-36-63(51)73-68(56)60/h9-42H,1-8H3. The van der Waals surface area contributed by atoms with Gasteiger partial charge in [0.25, 0.3) is 0 Å². The van der Waals surface area contributed by atoms with Crippen LogP contribution < -0.4 is 9.80 Å². The van der Waals surface area contributed by atoms with Gasteiger partial charge in [0.15, 0.2) is 11.2 Å². The van der Waals surface area contributed by atoms with Gasteiger partial charge in [0.2, 0.25) is 0 Å². The fourth-order valence-corrected chi connectivity index (χ4v) is 27.1. The van der Waals surface area contributed by atoms with Crippen LogP contribution in [0.2, 0.25) is 39.3 Å². The third kappa shape index (κ3) is 6.52. The first-order valence-electron chi connectivity index (χ1n) is 26.4. The number of hydrogen-bond donors (Lipinski definition) is 0. The number of para-hydroxylation sites is 4. The van der Waals surface area contributed by atoms with Gasteiger partial charge in [-0.25, -0.2) is 0 Å². The van der Waals surface area contributed by atoms with Gasteiger partial charge >= 0.3 is 0 Å². The van der Waals surface area contributed by atoms with Crippen molar-refractivity contribution in [3.8, 4) is 11.1 Å². The number of benzene rings is 11. The van der Waals surface area contributed by atoms with Crippen molar-refractivity contribution in [1.82, 2.24) is 0 Å². The Morgan fingerprint density at radius 2 is 0.787 bits per heavy atom. The van der Waals surface area contributed by atoms with Gasteiger partial charge in [0.1, 0.15) is 11.2 Å². The number of furan rings is 2. The molecule has 0 unspecified atom stereocenters. The van der Waals surface area contributed by atoms with E-state index < -0.39 is 16.1 Å². The molecule has 0 N–H and O–H groups in total. The molecule has 2 heterocycles. The second-order valence-corrected chi connectivity index (χ2v) is 34.0. The third-order valence-corrected chi connectivity index (χ3v) is 26.6. The van der Waals surface area contributed by atoms with E-state index in [1.165, 1.54) is 71.4 Å². The lowest BCUT2D eigenvalue weighted by Crippen LogP contribution is -2.63. The molecule has 1 aliphatic rings. The maximum absolute atomic E-state index is 6.93. The van der Waals surface area contributed by atoms with E-state index in [0.29, 0.717) is 0 Å². The first-order chi connectivity index (χ1) is 36.3. The topological polar surface area (TPSA) is 32.8 Å². The van der Waals surface area contributed by atoms with Gasteiger partial charge in [0.05, 0.1) is 33.2 Å². The van der Waals surface area contributed by atoms with E-state index in [1.54, 1.807) is 0 Å². The van der Waals surface area contributed by atoms with Crippen molar-refractivity contribution < 1.29 is 8.83 Å². The van der Waals surface area contributed by atoms with Gasteiger partial charge < -0.3 is 18.6 Å². The summed E-state index contributed by atoms with van der Waals surface area (Å²) in [6.45, 7) is 20.3. The largest absolute Gasteiger partial charge is 0.454 e. The van der Waals surface area contributed by atoms with Gasteiger partial charge in [0, 0.05) is 48.7 Å². The van der Waals surface area contributed by atoms with Crippen LogP contribution in [0.5, 0.6) is 0 Å². The average Bonchev–Trinajstić information content (AvgIpc) is 4.17. The highest BCUT2D eigenvalue weighted by Gasteiger charge is 2.60. The van der Waals surface area contributed by atoms with Crippen molar-refractivity contribution in [1.29, 1.82) is 0 Å². The van der Waals surface area contributed by atoms with Crippen molar-refractivity contribution in [2.24, 2.45) is 0 Å². The Balaban J connectivity index is 1.09. The summed E-state index contributed by atoms with van der Waals surface area (Å²) in [4.78, 5) is 4.92. The molecule has 0 aliphatic heterocycles. The van der Waals surface area contributed by atoms with Crippen LogP contribution in [0.25, 0.3) is 87.3 Å². The lowest BCUT2D eigenvalue weighted by Gasteiger charge is -2.52. The summed E-state index contributed by atoms with van der Waals surface area (Å²) < 4.78 is 13.5. The van der Waals surface area contributed by atoms with Crippen molar-refractivity contribution in [2.75, 3.05) is 9.80 Å². The number of fused-ring (bicyclic) bond motifs is 16. The molecule has 11 aromatic carbocycles. The SMILES string of the molecule is Cc1cccc(N(c2ccc3c4c(c5ccccc5c3c2)-c2c(cc(N(c3cccc(C)c3)c3cccc5c3oc3ccccc35)c3ccccc23)C4([Si](C)(C)C)[Si](C)(C)C)c2cccc3c2oc2ccccc23)c1. The molecule has 14 rings (SSSR count). The molecule has 0 atom stereocenters. The predicted octanol–water partition coefficient (Wildman–Crippen LogP) is 20.5. The maximum atomic E-state index is 6.93. The molecule has 364 valence electrons. The Morgan fingerprint density at radius 3 is 1.35 bits per heavy atom. The van der Waals surface area contributed by atoms with Gasteiger partial charge in [-0.3, -0.25) is 0 Å². The van der Waals surface area contributed by atoms with Crippen LogP contribution in [-0.4, -0.2) is 16.1 Å². The van der Waals surface area contributed by atoms with Crippen LogP contribution in [-0.2, 0) is 4.66 Å². The minimum atomic E-state index is -2.29. The Kier molecular flexibility index (Phi) is 9.95. The van der Waals surface area contributed by atoms with Gasteiger partial charge in [-0.05, 0) is 141 Å². The molecule has 2 aromatic heterocycles. The second-order valence-electron chi connectivity index (χ2n) is 23.0. The summed E-state index contributed by atoms with van der Waals surface area (Å²) in [5.41, 5.74) is 18.2. The maximum Gasteiger partial charge on any atom is 0.159 e. The highest BCUT2D eigenvalue weighted by molar-refractivity contribution is 7.00. The normalized spacial score (nSPS) is 13.4. The first kappa shape index (κ1) is 45.4. The summed E-state index contributed by atoms with van der Waals surface area (Å²) in [6.07, 6.45) is 0. The van der Waals surface area contributed by atoms with Gasteiger partial charge in [-0.15, -0.1) is 0 Å². The van der Waals surface area contributed by atoms with E-state index >= 15 is 0 Å². The quantitative estimate of drug-likeness (QED) is 0.112. The Labute approximate surface area is 440 Å². The molecule has 13 aromatic rings. The number of aryl methyl sites for hydroxylation is 2. The molecule has 4 nitrogen and oxygen atoms in total. The van der Waals surface area contributed by atoms with E-state index in [0.717, 1.165) is 72.3 Å². The second kappa shape index (κ2) is 16.4. The van der Waals surface area contributed by atoms with Crippen molar-refractivity contribution in [3.05, 3.63) is 229 Å². The molecular formula is C69H58N2O2Si2. The van der Waals surface area contributed by atoms with Crippen molar-refractivity contribution >= 4 is 126 Å². The molecule has 0 saturated heterocycles. The molecule has 0 fully saturated rings. The van der Waals surface area contributed by atoms with Crippen molar-refractivity contribution in [2.45, 2.75) is 57.8 Å².